The number of fused-ring (bicyclic) bond motifs is 1. The zero-order chi connectivity index (χ0) is 14.7. The first-order valence-electron chi connectivity index (χ1n) is 7.09. The van der Waals surface area contributed by atoms with Crippen molar-refractivity contribution in [3.8, 4) is 0 Å². The van der Waals surface area contributed by atoms with Crippen molar-refractivity contribution in [1.82, 2.24) is 9.88 Å². The van der Waals surface area contributed by atoms with Crippen molar-refractivity contribution in [1.29, 1.82) is 0 Å². The summed E-state index contributed by atoms with van der Waals surface area (Å²) in [6, 6.07) is 7.91. The standard InChI is InChI=1S/C16H18ClN3S/c17-13-5-1-3-12(11-13)4-2-8-20-9-6-14-15(7-10-20)21-16(18)19-14/h1-5,11H,6-10H2,(H2,18,19)/b4-2+. The van der Waals surface area contributed by atoms with Crippen LogP contribution in [0.5, 0.6) is 0 Å². The SMILES string of the molecule is Nc1nc2c(s1)CCN(C/C=C/c1cccc(Cl)c1)CC2. The van der Waals surface area contributed by atoms with E-state index in [2.05, 4.69) is 28.1 Å². The Hall–Kier alpha value is -1.36. The quantitative estimate of drug-likeness (QED) is 0.941. The minimum absolute atomic E-state index is 0.703. The Bertz CT molecular complexity index is 625. The highest BCUT2D eigenvalue weighted by Crippen LogP contribution is 2.24. The van der Waals surface area contributed by atoms with Crippen LogP contribution in [0.25, 0.3) is 6.08 Å². The van der Waals surface area contributed by atoms with Crippen LogP contribution in [0.2, 0.25) is 5.02 Å². The molecule has 0 saturated heterocycles. The molecule has 1 aromatic carbocycles. The van der Waals surface area contributed by atoms with Crippen molar-refractivity contribution in [2.24, 2.45) is 0 Å². The number of anilines is 1. The fourth-order valence-electron chi connectivity index (χ4n) is 2.56. The molecule has 0 saturated carbocycles. The second kappa shape index (κ2) is 6.60. The summed E-state index contributed by atoms with van der Waals surface area (Å²) in [5.74, 6) is 0. The largest absolute Gasteiger partial charge is 0.375 e. The summed E-state index contributed by atoms with van der Waals surface area (Å²) < 4.78 is 0. The van der Waals surface area contributed by atoms with Gasteiger partial charge in [0.05, 0.1) is 5.69 Å². The van der Waals surface area contributed by atoms with Gasteiger partial charge in [0, 0.05) is 36.0 Å². The first-order chi connectivity index (χ1) is 10.2. The number of benzene rings is 1. The Kier molecular flexibility index (Phi) is 4.58. The molecule has 0 aliphatic carbocycles. The maximum absolute atomic E-state index is 5.99. The molecule has 21 heavy (non-hydrogen) atoms. The molecular weight excluding hydrogens is 302 g/mol. The van der Waals surface area contributed by atoms with Gasteiger partial charge < -0.3 is 5.73 Å². The number of nitrogens with zero attached hydrogens (tertiary/aromatic N) is 2. The third-order valence-corrected chi connectivity index (χ3v) is 4.86. The van der Waals surface area contributed by atoms with E-state index in [0.29, 0.717) is 5.13 Å². The van der Waals surface area contributed by atoms with Gasteiger partial charge in [-0.05, 0) is 24.1 Å². The Morgan fingerprint density at radius 2 is 2.19 bits per heavy atom. The molecule has 0 radical (unpaired) electrons. The maximum atomic E-state index is 5.99. The van der Waals surface area contributed by atoms with Gasteiger partial charge in [-0.2, -0.15) is 0 Å². The normalized spacial score (nSPS) is 16.0. The molecule has 1 aliphatic heterocycles. The third kappa shape index (κ3) is 3.84. The van der Waals surface area contributed by atoms with Crippen LogP contribution >= 0.6 is 22.9 Å². The molecule has 0 amide bonds. The second-order valence-electron chi connectivity index (χ2n) is 5.18. The van der Waals surface area contributed by atoms with Crippen LogP contribution in [0.4, 0.5) is 5.13 Å². The minimum atomic E-state index is 0.703. The van der Waals surface area contributed by atoms with Crippen LogP contribution in [0.3, 0.4) is 0 Å². The number of rotatable bonds is 3. The van der Waals surface area contributed by atoms with Crippen molar-refractivity contribution >= 4 is 34.1 Å². The van der Waals surface area contributed by atoms with Crippen molar-refractivity contribution < 1.29 is 0 Å². The number of aromatic nitrogens is 1. The molecule has 2 aromatic rings. The average Bonchev–Trinajstić information content (AvgIpc) is 2.71. The number of hydrogen-bond donors (Lipinski definition) is 1. The van der Waals surface area contributed by atoms with E-state index >= 15 is 0 Å². The third-order valence-electron chi connectivity index (χ3n) is 3.64. The van der Waals surface area contributed by atoms with Crippen molar-refractivity contribution in [3.63, 3.8) is 0 Å². The molecule has 2 heterocycles. The molecule has 1 aliphatic rings. The van der Waals surface area contributed by atoms with Gasteiger partial charge in [0.1, 0.15) is 0 Å². The molecule has 110 valence electrons. The van der Waals surface area contributed by atoms with E-state index in [-0.39, 0.29) is 0 Å². The summed E-state index contributed by atoms with van der Waals surface area (Å²) in [4.78, 5) is 8.23. The highest BCUT2D eigenvalue weighted by Gasteiger charge is 2.16. The smallest absolute Gasteiger partial charge is 0.180 e. The van der Waals surface area contributed by atoms with Gasteiger partial charge in [0.15, 0.2) is 5.13 Å². The van der Waals surface area contributed by atoms with E-state index in [1.54, 1.807) is 11.3 Å². The molecular formula is C16H18ClN3S. The Labute approximate surface area is 134 Å². The summed E-state index contributed by atoms with van der Waals surface area (Å²) >= 11 is 7.62. The zero-order valence-corrected chi connectivity index (χ0v) is 13.3. The first kappa shape index (κ1) is 14.6. The highest BCUT2D eigenvalue weighted by molar-refractivity contribution is 7.15. The number of halogens is 1. The minimum Gasteiger partial charge on any atom is -0.375 e. The Morgan fingerprint density at radius 1 is 1.33 bits per heavy atom. The van der Waals surface area contributed by atoms with E-state index in [1.807, 2.05) is 18.2 Å². The van der Waals surface area contributed by atoms with E-state index in [0.717, 1.165) is 43.1 Å². The van der Waals surface area contributed by atoms with Crippen molar-refractivity contribution in [2.45, 2.75) is 12.8 Å². The lowest BCUT2D eigenvalue weighted by molar-refractivity contribution is 0.318. The predicted octanol–water partition coefficient (Wildman–Crippen LogP) is 3.49. The van der Waals surface area contributed by atoms with Crippen molar-refractivity contribution in [3.05, 3.63) is 51.5 Å². The van der Waals surface area contributed by atoms with Crippen LogP contribution in [-0.2, 0) is 12.8 Å². The lowest BCUT2D eigenvalue weighted by atomic mass is 10.2. The monoisotopic (exact) mass is 319 g/mol. The molecule has 2 N–H and O–H groups in total. The molecule has 0 fully saturated rings. The topological polar surface area (TPSA) is 42.1 Å². The number of nitrogens with two attached hydrogens (primary N) is 1. The number of thiazole rings is 1. The summed E-state index contributed by atoms with van der Waals surface area (Å²) in [6.07, 6.45) is 6.37. The molecule has 1 aromatic heterocycles. The van der Waals surface area contributed by atoms with E-state index in [9.17, 15) is 0 Å². The molecule has 0 atom stereocenters. The predicted molar refractivity (Wildman–Crippen MR) is 90.9 cm³/mol. The summed E-state index contributed by atoms with van der Waals surface area (Å²) in [7, 11) is 0. The van der Waals surface area contributed by atoms with Gasteiger partial charge in [-0.3, -0.25) is 4.90 Å². The second-order valence-corrected chi connectivity index (χ2v) is 6.73. The van der Waals surface area contributed by atoms with Gasteiger partial charge in [-0.1, -0.05) is 35.9 Å². The summed E-state index contributed by atoms with van der Waals surface area (Å²) in [5, 5.41) is 1.48. The Morgan fingerprint density at radius 3 is 3.05 bits per heavy atom. The molecule has 0 bridgehead atoms. The van der Waals surface area contributed by atoms with Gasteiger partial charge in [0.2, 0.25) is 0 Å². The van der Waals surface area contributed by atoms with Gasteiger partial charge in [-0.15, -0.1) is 11.3 Å². The van der Waals surface area contributed by atoms with Gasteiger partial charge in [-0.25, -0.2) is 4.98 Å². The van der Waals surface area contributed by atoms with Crippen LogP contribution in [0, 0.1) is 0 Å². The van der Waals surface area contributed by atoms with Crippen LogP contribution in [0.15, 0.2) is 30.3 Å². The maximum Gasteiger partial charge on any atom is 0.180 e. The lowest BCUT2D eigenvalue weighted by Gasteiger charge is -2.17. The van der Waals surface area contributed by atoms with E-state index in [4.69, 9.17) is 17.3 Å². The van der Waals surface area contributed by atoms with Gasteiger partial charge in [0.25, 0.3) is 0 Å². The molecule has 5 heteroatoms. The molecule has 0 unspecified atom stereocenters. The van der Waals surface area contributed by atoms with Crippen LogP contribution < -0.4 is 5.73 Å². The molecule has 3 nitrogen and oxygen atoms in total. The van der Waals surface area contributed by atoms with Crippen LogP contribution in [0.1, 0.15) is 16.1 Å². The van der Waals surface area contributed by atoms with Crippen LogP contribution in [-0.4, -0.2) is 29.5 Å². The van der Waals surface area contributed by atoms with E-state index in [1.165, 1.54) is 10.6 Å². The molecule has 3 rings (SSSR count). The summed E-state index contributed by atoms with van der Waals surface area (Å²) in [6.45, 7) is 3.06. The fraction of sp³-hybridized carbons (Fsp3) is 0.312. The van der Waals surface area contributed by atoms with Gasteiger partial charge >= 0.3 is 0 Å². The average molecular weight is 320 g/mol. The Balaban J connectivity index is 1.56. The lowest BCUT2D eigenvalue weighted by Crippen LogP contribution is -2.26. The number of hydrogen-bond acceptors (Lipinski definition) is 4. The highest BCUT2D eigenvalue weighted by atomic mass is 35.5. The zero-order valence-electron chi connectivity index (χ0n) is 11.8. The first-order valence-corrected chi connectivity index (χ1v) is 8.28. The summed E-state index contributed by atoms with van der Waals surface area (Å²) in [5.41, 5.74) is 8.11. The molecule has 0 spiro atoms. The van der Waals surface area contributed by atoms with E-state index < -0.39 is 0 Å². The van der Waals surface area contributed by atoms with Crippen molar-refractivity contribution in [2.75, 3.05) is 25.4 Å². The fourth-order valence-corrected chi connectivity index (χ4v) is 3.63. The number of nitrogen functional groups attached to an aromatic ring is 1.